The maximum atomic E-state index is 9.31. The summed E-state index contributed by atoms with van der Waals surface area (Å²) in [5.41, 5.74) is 2.82. The Labute approximate surface area is 155 Å². The largest absolute Gasteiger partial charge is 0.508 e. The van der Waals surface area contributed by atoms with Gasteiger partial charge in [-0.1, -0.05) is 11.6 Å². The molecule has 0 amide bonds. The van der Waals surface area contributed by atoms with Crippen LogP contribution in [0.15, 0.2) is 85.1 Å². The standard InChI is InChI=1S/C21H15ClN2O2/c22-16-3-5-17(6-4-16)24-14-13-21(23-24)15-1-9-19(10-2-15)26-20-11-7-18(25)8-12-20/h1-14,25H. The fraction of sp³-hybridized carbons (Fsp3) is 0. The van der Waals surface area contributed by atoms with Gasteiger partial charge in [0.05, 0.1) is 11.4 Å². The Morgan fingerprint density at radius 1 is 0.769 bits per heavy atom. The van der Waals surface area contributed by atoms with E-state index in [0.717, 1.165) is 22.7 Å². The molecule has 4 aromatic rings. The molecule has 0 bridgehead atoms. The van der Waals surface area contributed by atoms with Crippen molar-refractivity contribution in [3.8, 4) is 34.2 Å². The zero-order valence-corrected chi connectivity index (χ0v) is 14.5. The van der Waals surface area contributed by atoms with Crippen LogP contribution in [0, 0.1) is 0 Å². The number of ether oxygens (including phenoxy) is 1. The molecule has 4 nitrogen and oxygen atoms in total. The van der Waals surface area contributed by atoms with Crippen LogP contribution in [0.5, 0.6) is 17.2 Å². The lowest BCUT2D eigenvalue weighted by atomic mass is 10.1. The summed E-state index contributed by atoms with van der Waals surface area (Å²) in [5.74, 6) is 1.60. The van der Waals surface area contributed by atoms with Crippen LogP contribution in [0.1, 0.15) is 0 Å². The molecule has 0 aliphatic rings. The summed E-state index contributed by atoms with van der Waals surface area (Å²) in [6.07, 6.45) is 1.92. The number of hydrogen-bond acceptors (Lipinski definition) is 3. The van der Waals surface area contributed by atoms with E-state index < -0.39 is 0 Å². The van der Waals surface area contributed by atoms with Gasteiger partial charge in [0.25, 0.3) is 0 Å². The first-order valence-corrected chi connectivity index (χ1v) is 8.44. The monoisotopic (exact) mass is 362 g/mol. The molecular weight excluding hydrogens is 348 g/mol. The molecule has 0 aliphatic heterocycles. The van der Waals surface area contributed by atoms with Crippen LogP contribution in [0.3, 0.4) is 0 Å². The van der Waals surface area contributed by atoms with Gasteiger partial charge in [-0.25, -0.2) is 4.68 Å². The molecule has 0 fully saturated rings. The second-order valence-corrected chi connectivity index (χ2v) is 6.18. The molecule has 1 N–H and O–H groups in total. The Morgan fingerprint density at radius 3 is 2.04 bits per heavy atom. The first kappa shape index (κ1) is 16.2. The van der Waals surface area contributed by atoms with E-state index in [4.69, 9.17) is 16.3 Å². The predicted molar refractivity (Wildman–Crippen MR) is 102 cm³/mol. The number of aromatic hydroxyl groups is 1. The van der Waals surface area contributed by atoms with Gasteiger partial charge in [-0.2, -0.15) is 5.10 Å². The van der Waals surface area contributed by atoms with Gasteiger partial charge in [0.1, 0.15) is 17.2 Å². The van der Waals surface area contributed by atoms with E-state index in [-0.39, 0.29) is 5.75 Å². The second kappa shape index (κ2) is 6.94. The molecule has 1 aromatic heterocycles. The van der Waals surface area contributed by atoms with Gasteiger partial charge < -0.3 is 9.84 Å². The Balaban J connectivity index is 1.52. The van der Waals surface area contributed by atoms with Crippen LogP contribution in [-0.2, 0) is 0 Å². The van der Waals surface area contributed by atoms with Crippen molar-refractivity contribution < 1.29 is 9.84 Å². The maximum absolute atomic E-state index is 9.31. The summed E-state index contributed by atoms with van der Waals surface area (Å²) in [6, 6.07) is 23.8. The molecule has 0 radical (unpaired) electrons. The van der Waals surface area contributed by atoms with Gasteiger partial charge in [0, 0.05) is 16.8 Å². The van der Waals surface area contributed by atoms with E-state index in [1.807, 2.05) is 65.5 Å². The van der Waals surface area contributed by atoms with Crippen molar-refractivity contribution in [2.45, 2.75) is 0 Å². The Kier molecular flexibility index (Phi) is 4.33. The molecule has 0 unspecified atom stereocenters. The molecule has 0 saturated heterocycles. The minimum Gasteiger partial charge on any atom is -0.508 e. The van der Waals surface area contributed by atoms with E-state index in [0.29, 0.717) is 10.8 Å². The third-order valence-corrected chi connectivity index (χ3v) is 4.15. The number of hydrogen-bond donors (Lipinski definition) is 1. The number of benzene rings is 3. The van der Waals surface area contributed by atoms with Crippen molar-refractivity contribution >= 4 is 11.6 Å². The summed E-state index contributed by atoms with van der Waals surface area (Å²) in [7, 11) is 0. The van der Waals surface area contributed by atoms with Gasteiger partial charge in [-0.15, -0.1) is 0 Å². The predicted octanol–water partition coefficient (Wildman–Crippen LogP) is 5.69. The molecule has 0 atom stereocenters. The van der Waals surface area contributed by atoms with Crippen molar-refractivity contribution in [2.75, 3.05) is 0 Å². The van der Waals surface area contributed by atoms with E-state index in [1.54, 1.807) is 24.3 Å². The highest BCUT2D eigenvalue weighted by Crippen LogP contribution is 2.26. The highest BCUT2D eigenvalue weighted by Gasteiger charge is 2.05. The smallest absolute Gasteiger partial charge is 0.127 e. The Bertz CT molecular complexity index is 1010. The molecule has 4 rings (SSSR count). The first-order valence-electron chi connectivity index (χ1n) is 8.06. The lowest BCUT2D eigenvalue weighted by molar-refractivity contribution is 0.464. The van der Waals surface area contributed by atoms with Gasteiger partial charge in [0.15, 0.2) is 0 Å². The van der Waals surface area contributed by atoms with Crippen LogP contribution in [0.25, 0.3) is 16.9 Å². The van der Waals surface area contributed by atoms with Crippen molar-refractivity contribution in [3.05, 3.63) is 90.1 Å². The third kappa shape index (κ3) is 3.55. The van der Waals surface area contributed by atoms with Gasteiger partial charge in [-0.3, -0.25) is 0 Å². The fourth-order valence-electron chi connectivity index (χ4n) is 2.56. The average Bonchev–Trinajstić information content (AvgIpc) is 3.15. The molecule has 0 spiro atoms. The van der Waals surface area contributed by atoms with E-state index in [2.05, 4.69) is 5.10 Å². The Morgan fingerprint density at radius 2 is 1.38 bits per heavy atom. The summed E-state index contributed by atoms with van der Waals surface area (Å²) >= 11 is 5.93. The molecule has 3 aromatic carbocycles. The van der Waals surface area contributed by atoms with Crippen LogP contribution < -0.4 is 4.74 Å². The summed E-state index contributed by atoms with van der Waals surface area (Å²) < 4.78 is 7.57. The first-order chi connectivity index (χ1) is 12.7. The van der Waals surface area contributed by atoms with Crippen LogP contribution in [0.2, 0.25) is 5.02 Å². The summed E-state index contributed by atoms with van der Waals surface area (Å²) in [4.78, 5) is 0. The highest BCUT2D eigenvalue weighted by molar-refractivity contribution is 6.30. The molecule has 5 heteroatoms. The molecule has 0 aliphatic carbocycles. The molecule has 26 heavy (non-hydrogen) atoms. The van der Waals surface area contributed by atoms with Gasteiger partial charge >= 0.3 is 0 Å². The average molecular weight is 363 g/mol. The number of nitrogens with zero attached hydrogens (tertiary/aromatic N) is 2. The summed E-state index contributed by atoms with van der Waals surface area (Å²) in [6.45, 7) is 0. The number of rotatable bonds is 4. The van der Waals surface area contributed by atoms with Crippen LogP contribution in [0.4, 0.5) is 0 Å². The lowest BCUT2D eigenvalue weighted by Gasteiger charge is -2.06. The van der Waals surface area contributed by atoms with Gasteiger partial charge in [0.2, 0.25) is 0 Å². The third-order valence-electron chi connectivity index (χ3n) is 3.90. The summed E-state index contributed by atoms with van der Waals surface area (Å²) in [5, 5.41) is 14.6. The maximum Gasteiger partial charge on any atom is 0.127 e. The van der Waals surface area contributed by atoms with Gasteiger partial charge in [-0.05, 0) is 78.9 Å². The molecule has 0 saturated carbocycles. The van der Waals surface area contributed by atoms with E-state index >= 15 is 0 Å². The second-order valence-electron chi connectivity index (χ2n) is 5.74. The van der Waals surface area contributed by atoms with Crippen LogP contribution in [-0.4, -0.2) is 14.9 Å². The quantitative estimate of drug-likeness (QED) is 0.507. The van der Waals surface area contributed by atoms with Crippen LogP contribution >= 0.6 is 11.6 Å². The number of phenolic OH excluding ortho intramolecular Hbond substituents is 1. The SMILES string of the molecule is Oc1ccc(Oc2ccc(-c3ccn(-c4ccc(Cl)cc4)n3)cc2)cc1. The highest BCUT2D eigenvalue weighted by atomic mass is 35.5. The van der Waals surface area contributed by atoms with Crippen molar-refractivity contribution in [1.29, 1.82) is 0 Å². The number of aromatic nitrogens is 2. The minimum atomic E-state index is 0.212. The van der Waals surface area contributed by atoms with E-state index in [9.17, 15) is 5.11 Å². The Hall–Kier alpha value is -3.24. The lowest BCUT2D eigenvalue weighted by Crippen LogP contribution is -1.94. The van der Waals surface area contributed by atoms with Crippen molar-refractivity contribution in [2.24, 2.45) is 0 Å². The van der Waals surface area contributed by atoms with Crippen molar-refractivity contribution in [3.63, 3.8) is 0 Å². The number of halogens is 1. The number of phenols is 1. The fourth-order valence-corrected chi connectivity index (χ4v) is 2.69. The minimum absolute atomic E-state index is 0.212. The van der Waals surface area contributed by atoms with Crippen molar-refractivity contribution in [1.82, 2.24) is 9.78 Å². The molecular formula is C21H15ClN2O2. The molecule has 1 heterocycles. The topological polar surface area (TPSA) is 47.3 Å². The van der Waals surface area contributed by atoms with E-state index in [1.165, 1.54) is 0 Å². The molecule has 128 valence electrons. The zero-order valence-electron chi connectivity index (χ0n) is 13.7. The zero-order chi connectivity index (χ0) is 17.9. The normalized spacial score (nSPS) is 10.7.